The normalized spacial score (nSPS) is 17.8. The summed E-state index contributed by atoms with van der Waals surface area (Å²) in [6.45, 7) is 7.60. The van der Waals surface area contributed by atoms with E-state index in [0.29, 0.717) is 5.76 Å². The smallest absolute Gasteiger partial charge is 0.203 e. The topological polar surface area (TPSA) is 52.2 Å². The van der Waals surface area contributed by atoms with Crippen molar-refractivity contribution in [1.82, 2.24) is 10.2 Å². The second-order valence-corrected chi connectivity index (χ2v) is 4.89. The van der Waals surface area contributed by atoms with Crippen LogP contribution in [0.1, 0.15) is 31.3 Å². The van der Waals surface area contributed by atoms with Crippen molar-refractivity contribution < 1.29 is 4.42 Å². The van der Waals surface area contributed by atoms with Gasteiger partial charge in [-0.25, -0.2) is 0 Å². The number of hydrogen-bond donors (Lipinski definition) is 1. The second kappa shape index (κ2) is 6.58. The van der Waals surface area contributed by atoms with E-state index in [1.807, 2.05) is 12.1 Å². The highest BCUT2D eigenvalue weighted by atomic mass is 16.3. The van der Waals surface area contributed by atoms with Crippen molar-refractivity contribution in [3.8, 4) is 6.07 Å². The molecule has 1 saturated heterocycles. The lowest BCUT2D eigenvalue weighted by molar-refractivity contribution is 0.189. The van der Waals surface area contributed by atoms with Crippen LogP contribution in [0.4, 0.5) is 0 Å². The molecule has 0 bridgehead atoms. The molecule has 0 aromatic carbocycles. The maximum absolute atomic E-state index is 8.66. The molecule has 1 aromatic heterocycles. The minimum Gasteiger partial charge on any atom is -0.449 e. The van der Waals surface area contributed by atoms with Gasteiger partial charge < -0.3 is 14.6 Å². The van der Waals surface area contributed by atoms with Gasteiger partial charge >= 0.3 is 0 Å². The highest BCUT2D eigenvalue weighted by Gasteiger charge is 2.17. The fraction of sp³-hybridized carbons (Fsp3) is 0.643. The minimum absolute atomic E-state index is 0.392. The van der Waals surface area contributed by atoms with Gasteiger partial charge in [0.05, 0.1) is 6.54 Å². The van der Waals surface area contributed by atoms with Crippen molar-refractivity contribution >= 4 is 0 Å². The number of likely N-dealkylation sites (tertiary alicyclic amines) is 1. The third-order valence-electron chi connectivity index (χ3n) is 3.66. The molecule has 2 rings (SSSR count). The fourth-order valence-corrected chi connectivity index (χ4v) is 2.44. The lowest BCUT2D eigenvalue weighted by Gasteiger charge is -2.31. The molecule has 0 spiro atoms. The minimum atomic E-state index is 0.392. The number of piperidine rings is 1. The summed E-state index contributed by atoms with van der Waals surface area (Å²) >= 11 is 0. The summed E-state index contributed by atoms with van der Waals surface area (Å²) in [6.07, 6.45) is 2.56. The lowest BCUT2D eigenvalue weighted by atomic mass is 9.97. The van der Waals surface area contributed by atoms with Crippen LogP contribution in [0.3, 0.4) is 0 Å². The highest BCUT2D eigenvalue weighted by Crippen LogP contribution is 2.16. The number of nitrogens with zero attached hydrogens (tertiary/aromatic N) is 2. The molecule has 0 aliphatic carbocycles. The number of nitriles is 1. The Kier molecular flexibility index (Phi) is 4.80. The van der Waals surface area contributed by atoms with Gasteiger partial charge in [0.1, 0.15) is 11.8 Å². The Morgan fingerprint density at radius 2 is 2.22 bits per heavy atom. The van der Waals surface area contributed by atoms with Gasteiger partial charge in [0.25, 0.3) is 0 Å². The van der Waals surface area contributed by atoms with Crippen LogP contribution in [0.15, 0.2) is 16.5 Å². The molecule has 1 fully saturated rings. The van der Waals surface area contributed by atoms with Crippen LogP contribution >= 0.6 is 0 Å². The van der Waals surface area contributed by atoms with E-state index >= 15 is 0 Å². The van der Waals surface area contributed by atoms with Crippen molar-refractivity contribution in [2.75, 3.05) is 26.2 Å². The number of rotatable bonds is 5. The molecule has 0 atom stereocenters. The molecule has 4 heteroatoms. The number of nitrogens with one attached hydrogen (secondary N) is 1. The molecule has 2 heterocycles. The highest BCUT2D eigenvalue weighted by molar-refractivity contribution is 5.18. The quantitative estimate of drug-likeness (QED) is 0.864. The fourth-order valence-electron chi connectivity index (χ4n) is 2.44. The molecule has 98 valence electrons. The SMILES string of the molecule is CCN1CCC(CNCc2ccc(C#N)o2)CC1. The average molecular weight is 247 g/mol. The van der Waals surface area contributed by atoms with Crippen molar-refractivity contribution in [1.29, 1.82) is 5.26 Å². The van der Waals surface area contributed by atoms with E-state index < -0.39 is 0 Å². The summed E-state index contributed by atoms with van der Waals surface area (Å²) in [6, 6.07) is 5.58. The van der Waals surface area contributed by atoms with Crippen LogP contribution in [-0.2, 0) is 6.54 Å². The Balaban J connectivity index is 1.65. The summed E-state index contributed by atoms with van der Waals surface area (Å²) in [7, 11) is 0. The zero-order chi connectivity index (χ0) is 12.8. The van der Waals surface area contributed by atoms with Crippen molar-refractivity contribution in [2.45, 2.75) is 26.3 Å². The van der Waals surface area contributed by atoms with Gasteiger partial charge in [-0.3, -0.25) is 0 Å². The van der Waals surface area contributed by atoms with Gasteiger partial charge in [0.15, 0.2) is 0 Å². The van der Waals surface area contributed by atoms with E-state index in [1.165, 1.54) is 32.5 Å². The molecule has 0 radical (unpaired) electrons. The molecular formula is C14H21N3O. The Bertz CT molecular complexity index is 399. The first-order valence-electron chi connectivity index (χ1n) is 6.73. The van der Waals surface area contributed by atoms with Crippen LogP contribution in [-0.4, -0.2) is 31.1 Å². The van der Waals surface area contributed by atoms with Crippen molar-refractivity contribution in [3.63, 3.8) is 0 Å². The summed E-state index contributed by atoms with van der Waals surface area (Å²) < 4.78 is 5.32. The van der Waals surface area contributed by atoms with Crippen LogP contribution in [0, 0.1) is 17.2 Å². The van der Waals surface area contributed by atoms with Gasteiger partial charge in [-0.15, -0.1) is 0 Å². The zero-order valence-electron chi connectivity index (χ0n) is 11.0. The molecule has 0 unspecified atom stereocenters. The summed E-state index contributed by atoms with van der Waals surface area (Å²) in [5, 5.41) is 12.1. The van der Waals surface area contributed by atoms with Gasteiger partial charge in [-0.05, 0) is 57.1 Å². The van der Waals surface area contributed by atoms with E-state index in [0.717, 1.165) is 24.8 Å². The van der Waals surface area contributed by atoms with E-state index in [1.54, 1.807) is 6.07 Å². The van der Waals surface area contributed by atoms with Gasteiger partial charge in [0.2, 0.25) is 5.76 Å². The standard InChI is InChI=1S/C14H21N3O/c1-2-17-7-5-12(6-8-17)10-16-11-14-4-3-13(9-15)18-14/h3-4,12,16H,2,5-8,10-11H2,1H3. The lowest BCUT2D eigenvalue weighted by Crippen LogP contribution is -2.36. The summed E-state index contributed by atoms with van der Waals surface area (Å²) in [5.74, 6) is 2.01. The first-order valence-corrected chi connectivity index (χ1v) is 6.73. The predicted octanol–water partition coefficient (Wildman–Crippen LogP) is 1.97. The van der Waals surface area contributed by atoms with Crippen molar-refractivity contribution in [2.24, 2.45) is 5.92 Å². The van der Waals surface area contributed by atoms with Crippen LogP contribution in [0.5, 0.6) is 0 Å². The first kappa shape index (κ1) is 13.1. The molecule has 1 aromatic rings. The number of furan rings is 1. The monoisotopic (exact) mass is 247 g/mol. The Morgan fingerprint density at radius 3 is 2.83 bits per heavy atom. The van der Waals surface area contributed by atoms with E-state index in [-0.39, 0.29) is 0 Å². The van der Waals surface area contributed by atoms with Gasteiger partial charge in [0, 0.05) is 0 Å². The molecule has 4 nitrogen and oxygen atoms in total. The maximum atomic E-state index is 8.66. The summed E-state index contributed by atoms with van der Waals surface area (Å²) in [5.41, 5.74) is 0. The Hall–Kier alpha value is -1.31. The molecule has 18 heavy (non-hydrogen) atoms. The third-order valence-corrected chi connectivity index (χ3v) is 3.66. The molecule has 1 aliphatic heterocycles. The second-order valence-electron chi connectivity index (χ2n) is 4.89. The Morgan fingerprint density at radius 1 is 1.44 bits per heavy atom. The average Bonchev–Trinajstić information content (AvgIpc) is 2.87. The van der Waals surface area contributed by atoms with E-state index in [4.69, 9.17) is 9.68 Å². The van der Waals surface area contributed by atoms with Gasteiger partial charge in [-0.1, -0.05) is 6.92 Å². The molecule has 0 saturated carbocycles. The van der Waals surface area contributed by atoms with Crippen LogP contribution in [0.25, 0.3) is 0 Å². The van der Waals surface area contributed by atoms with Crippen LogP contribution in [0.2, 0.25) is 0 Å². The summed E-state index contributed by atoms with van der Waals surface area (Å²) in [4.78, 5) is 2.50. The molecule has 1 aliphatic rings. The maximum Gasteiger partial charge on any atom is 0.203 e. The van der Waals surface area contributed by atoms with Gasteiger partial charge in [-0.2, -0.15) is 5.26 Å². The Labute approximate surface area is 109 Å². The van der Waals surface area contributed by atoms with E-state index in [9.17, 15) is 0 Å². The molecule has 0 amide bonds. The third kappa shape index (κ3) is 3.59. The van der Waals surface area contributed by atoms with E-state index in [2.05, 4.69) is 17.1 Å². The largest absolute Gasteiger partial charge is 0.449 e. The van der Waals surface area contributed by atoms with Crippen LogP contribution < -0.4 is 5.32 Å². The predicted molar refractivity (Wildman–Crippen MR) is 70.0 cm³/mol. The zero-order valence-corrected chi connectivity index (χ0v) is 11.0. The van der Waals surface area contributed by atoms with Crippen molar-refractivity contribution in [3.05, 3.63) is 23.7 Å². The molecule has 1 N–H and O–H groups in total. The molecular weight excluding hydrogens is 226 g/mol. The number of hydrogen-bond acceptors (Lipinski definition) is 4. The first-order chi connectivity index (χ1) is 8.81.